The maximum Gasteiger partial charge on any atom is 0.339 e. The van der Waals surface area contributed by atoms with Gasteiger partial charge >= 0.3 is 5.97 Å². The van der Waals surface area contributed by atoms with Gasteiger partial charge in [0.1, 0.15) is 41.6 Å². The van der Waals surface area contributed by atoms with Crippen molar-refractivity contribution in [1.82, 2.24) is 5.32 Å². The molecule has 50 heavy (non-hydrogen) atoms. The van der Waals surface area contributed by atoms with Gasteiger partial charge in [0.15, 0.2) is 28.8 Å². The van der Waals surface area contributed by atoms with E-state index in [1.54, 1.807) is 6.92 Å². The van der Waals surface area contributed by atoms with Crippen LogP contribution >= 0.6 is 0 Å². The van der Waals surface area contributed by atoms with E-state index in [1.165, 1.54) is 21.1 Å². The van der Waals surface area contributed by atoms with E-state index in [0.29, 0.717) is 0 Å². The number of carbonyl (C=O) groups excluding carboxylic acids is 4. The molecule has 264 valence electrons. The quantitative estimate of drug-likeness (QED) is 0.217. The molecule has 17 nitrogen and oxygen atoms in total. The summed E-state index contributed by atoms with van der Waals surface area (Å²) in [5.41, 5.74) is -11.3. The van der Waals surface area contributed by atoms with Crippen LogP contribution in [0.25, 0.3) is 0 Å². The number of Topliss-reactive ketones (excluding diaryl/α,β-unsaturated/α-hetero) is 2. The number of benzene rings is 2. The molecule has 0 aromatic heterocycles. The number of hydrogen-bond donors (Lipinski definition) is 6. The van der Waals surface area contributed by atoms with Crippen LogP contribution in [0.15, 0.2) is 29.5 Å². The van der Waals surface area contributed by atoms with Crippen LogP contribution in [-0.2, 0) is 24.5 Å². The number of nitrogens with zero attached hydrogens (tertiary/aromatic N) is 1. The summed E-state index contributed by atoms with van der Waals surface area (Å²) >= 11 is 0. The topological polar surface area (TPSA) is 265 Å². The van der Waals surface area contributed by atoms with Crippen LogP contribution in [-0.4, -0.2) is 118 Å². The average Bonchev–Trinajstić information content (AvgIpc) is 3.06. The number of aliphatic hydroxyl groups excluding tert-OH is 1. The first kappa shape index (κ1) is 35.1. The number of nitroso groups, excluding NO2 is 1. The number of ether oxygens (including phenoxy) is 4. The second-order valence-corrected chi connectivity index (χ2v) is 12.5. The number of aliphatic hydroxyl groups is 2. The average molecular weight is 697 g/mol. The molecule has 3 aliphatic carbocycles. The van der Waals surface area contributed by atoms with Crippen LogP contribution in [0.4, 0.5) is 0 Å². The third-order valence-corrected chi connectivity index (χ3v) is 10.2. The van der Waals surface area contributed by atoms with Crippen molar-refractivity contribution < 1.29 is 68.5 Å². The summed E-state index contributed by atoms with van der Waals surface area (Å²) in [4.78, 5) is 79.3. The van der Waals surface area contributed by atoms with Crippen LogP contribution in [0.2, 0.25) is 0 Å². The molecule has 0 spiro atoms. The molecule has 1 fully saturated rings. The number of nitrogens with one attached hydrogen (secondary N) is 1. The third kappa shape index (κ3) is 4.28. The smallest absolute Gasteiger partial charge is 0.339 e. The summed E-state index contributed by atoms with van der Waals surface area (Å²) in [6, 6.07) is -0.900. The zero-order chi connectivity index (χ0) is 36.8. The van der Waals surface area contributed by atoms with E-state index in [-0.39, 0.29) is 11.1 Å². The zero-order valence-electron chi connectivity index (χ0n) is 27.1. The fraction of sp³-hybridized carbons (Fsp3) is 0.424. The highest BCUT2D eigenvalue weighted by molar-refractivity contribution is 6.30. The fourth-order valence-corrected chi connectivity index (χ4v) is 7.93. The predicted octanol–water partition coefficient (Wildman–Crippen LogP) is 0.607. The van der Waals surface area contributed by atoms with Crippen LogP contribution < -0.4 is 5.32 Å². The molecule has 1 heterocycles. The molecule has 17 heteroatoms. The normalized spacial score (nSPS) is 33.0. The highest BCUT2D eigenvalue weighted by Gasteiger charge is 2.74. The molecular weight excluding hydrogens is 664 g/mol. The molecule has 1 aliphatic heterocycles. The second-order valence-electron chi connectivity index (χ2n) is 12.5. The molecule has 9 atom stereocenters. The molecule has 4 aliphatic rings. The van der Waals surface area contributed by atoms with Crippen molar-refractivity contribution in [3.63, 3.8) is 0 Å². The summed E-state index contributed by atoms with van der Waals surface area (Å²) < 4.78 is 22.6. The van der Waals surface area contributed by atoms with Crippen molar-refractivity contribution in [2.75, 3.05) is 21.3 Å². The summed E-state index contributed by atoms with van der Waals surface area (Å²) in [7, 11) is 3.41. The van der Waals surface area contributed by atoms with Gasteiger partial charge in [-0.3, -0.25) is 24.5 Å². The maximum absolute atomic E-state index is 14.7. The highest BCUT2D eigenvalue weighted by Crippen LogP contribution is 2.59. The lowest BCUT2D eigenvalue weighted by molar-refractivity contribution is -0.217. The van der Waals surface area contributed by atoms with E-state index in [9.17, 15) is 54.4 Å². The van der Waals surface area contributed by atoms with Gasteiger partial charge in [0.05, 0.1) is 23.3 Å². The Morgan fingerprint density at radius 3 is 2.16 bits per heavy atom. The molecule has 0 saturated carbocycles. The molecule has 7 unspecified atom stereocenters. The third-order valence-electron chi connectivity index (χ3n) is 10.2. The van der Waals surface area contributed by atoms with Gasteiger partial charge in [-0.15, -0.1) is 0 Å². The number of aryl methyl sites for hydroxylation is 1. The zero-order valence-corrected chi connectivity index (χ0v) is 27.1. The van der Waals surface area contributed by atoms with Crippen LogP contribution in [0.1, 0.15) is 81.4 Å². The molecule has 6 rings (SSSR count). The lowest BCUT2D eigenvalue weighted by atomic mass is 9.55. The molecule has 0 radical (unpaired) electrons. The monoisotopic (exact) mass is 696 g/mol. The molecule has 6 N–H and O–H groups in total. The number of methoxy groups -OCH3 is 3. The first-order valence-corrected chi connectivity index (χ1v) is 15.2. The summed E-state index contributed by atoms with van der Waals surface area (Å²) in [6.45, 7) is 2.86. The van der Waals surface area contributed by atoms with E-state index in [1.807, 2.05) is 0 Å². The van der Waals surface area contributed by atoms with Crippen LogP contribution in [0.3, 0.4) is 0 Å². The molecule has 2 aromatic carbocycles. The number of aromatic hydroxyl groups is 2. The van der Waals surface area contributed by atoms with Crippen LogP contribution in [0.5, 0.6) is 11.5 Å². The van der Waals surface area contributed by atoms with Gasteiger partial charge in [-0.1, -0.05) is 11.2 Å². The molecule has 0 amide bonds. The van der Waals surface area contributed by atoms with E-state index < -0.39 is 128 Å². The molecular formula is C33H32N2O15. The first-order valence-electron chi connectivity index (χ1n) is 15.2. The Morgan fingerprint density at radius 2 is 1.58 bits per heavy atom. The second kappa shape index (κ2) is 11.9. The van der Waals surface area contributed by atoms with Gasteiger partial charge in [-0.05, 0) is 43.2 Å². The van der Waals surface area contributed by atoms with Crippen molar-refractivity contribution in [3.05, 3.63) is 73.7 Å². The number of carboxylic acid groups (broad SMARTS) is 1. The Balaban J connectivity index is 1.66. The standard InChI is InChI=1S/C33H32N2O15/c1-10-8-14-20(24(39)17(10)31(43)44)32(45)27(40)13-9-12-15(36)6-7-16(37)18(12)23(38)19(13)28(41)33(32,49-5)29(42)21(14)34-30-26(48-4)22(35-46)25(47-3)11(2)50-30/h6-9,11,21-22,25-26,29-30,34,38-39,42,45H,1-5H3,(H,43,44)/t11-,21?,22?,25-,26?,29?,30?,32?,33?/m0/s1. The van der Waals surface area contributed by atoms with Gasteiger partial charge in [0.2, 0.25) is 11.6 Å². The molecule has 1 saturated heterocycles. The Labute approximate surface area is 282 Å². The SMILES string of the molecule is COC1C(NC2c3cc(C)c(C(=O)O)c(O)c3C3(O)C(=O)c4cc5c(c(O)c4C(=O)C3(OC)C2O)C(=O)C=CC5=O)O[C@@H](C)[C@H](OC)C1N=O. The van der Waals surface area contributed by atoms with Crippen molar-refractivity contribution in [2.45, 2.75) is 67.8 Å². The number of phenols is 2. The van der Waals surface area contributed by atoms with E-state index in [0.717, 1.165) is 31.4 Å². The lowest BCUT2D eigenvalue weighted by Crippen LogP contribution is -2.75. The van der Waals surface area contributed by atoms with Crippen molar-refractivity contribution in [2.24, 2.45) is 5.18 Å². The van der Waals surface area contributed by atoms with E-state index in [2.05, 4.69) is 10.5 Å². The van der Waals surface area contributed by atoms with E-state index >= 15 is 0 Å². The minimum absolute atomic E-state index is 0.0908. The Morgan fingerprint density at radius 1 is 0.940 bits per heavy atom. The van der Waals surface area contributed by atoms with Gasteiger partial charge in [-0.25, -0.2) is 4.79 Å². The predicted molar refractivity (Wildman–Crippen MR) is 165 cm³/mol. The summed E-state index contributed by atoms with van der Waals surface area (Å²) in [6.07, 6.45) is -4.89. The highest BCUT2D eigenvalue weighted by atomic mass is 16.6. The minimum Gasteiger partial charge on any atom is -0.507 e. The minimum atomic E-state index is -3.42. The number of rotatable bonds is 7. The molecule has 0 bridgehead atoms. The van der Waals surface area contributed by atoms with E-state index in [4.69, 9.17) is 18.9 Å². The summed E-state index contributed by atoms with van der Waals surface area (Å²) in [5.74, 6) is -8.59. The first-order chi connectivity index (χ1) is 23.6. The number of ketones is 4. The Kier molecular flexibility index (Phi) is 8.38. The lowest BCUT2D eigenvalue weighted by Gasteiger charge is -2.56. The van der Waals surface area contributed by atoms with Crippen molar-refractivity contribution in [3.8, 4) is 11.5 Å². The number of phenolic OH excluding ortho intramolecular Hbond substituents is 1. The number of allylic oxidation sites excluding steroid dienone is 2. The largest absolute Gasteiger partial charge is 0.507 e. The maximum atomic E-state index is 14.7. The Bertz CT molecular complexity index is 1940. The van der Waals surface area contributed by atoms with Gasteiger partial charge < -0.3 is 44.5 Å². The molecule has 2 aromatic rings. The Hall–Kier alpha value is -4.75. The number of carbonyl (C=O) groups is 5. The number of fused-ring (bicyclic) bond motifs is 5. The number of carboxylic acids is 1. The van der Waals surface area contributed by atoms with Gasteiger partial charge in [0, 0.05) is 38.0 Å². The number of hydrogen-bond acceptors (Lipinski definition) is 16. The van der Waals surface area contributed by atoms with Gasteiger partial charge in [-0.2, -0.15) is 4.91 Å². The summed E-state index contributed by atoms with van der Waals surface area (Å²) in [5, 5.41) is 63.9. The van der Waals surface area contributed by atoms with Gasteiger partial charge in [0.25, 0.3) is 0 Å². The van der Waals surface area contributed by atoms with Crippen molar-refractivity contribution in [1.29, 1.82) is 0 Å². The fourth-order valence-electron chi connectivity index (χ4n) is 7.93. The van der Waals surface area contributed by atoms with Crippen LogP contribution in [0, 0.1) is 11.8 Å². The number of aromatic carboxylic acids is 1. The van der Waals surface area contributed by atoms with Crippen molar-refractivity contribution >= 4 is 29.1 Å².